The van der Waals surface area contributed by atoms with Gasteiger partial charge in [-0.3, -0.25) is 0 Å². The molecular formula is C9H6F5O. The molecule has 1 aromatic carbocycles. The van der Waals surface area contributed by atoms with Crippen molar-refractivity contribution in [1.29, 1.82) is 0 Å². The van der Waals surface area contributed by atoms with Crippen molar-refractivity contribution in [2.24, 2.45) is 0 Å². The first-order valence-corrected chi connectivity index (χ1v) is 3.91. The Balaban J connectivity index is 3.26. The molecule has 0 amide bonds. The molecule has 1 nitrogen and oxygen atoms in total. The molecule has 0 aliphatic heterocycles. The zero-order chi connectivity index (χ0) is 11.7. The minimum atomic E-state index is -5.68. The van der Waals surface area contributed by atoms with Crippen LogP contribution in [0.2, 0.25) is 0 Å². The van der Waals surface area contributed by atoms with Crippen LogP contribution in [0.4, 0.5) is 22.0 Å². The molecule has 0 aliphatic rings. The summed E-state index contributed by atoms with van der Waals surface area (Å²) >= 11 is 0. The zero-order valence-corrected chi connectivity index (χ0v) is 7.31. The predicted molar refractivity (Wildman–Crippen MR) is 40.8 cm³/mol. The van der Waals surface area contributed by atoms with E-state index >= 15 is 0 Å². The van der Waals surface area contributed by atoms with Gasteiger partial charge in [-0.25, -0.2) is 5.11 Å². The zero-order valence-electron chi connectivity index (χ0n) is 7.31. The molecule has 15 heavy (non-hydrogen) atoms. The van der Waals surface area contributed by atoms with Crippen LogP contribution in [0.3, 0.4) is 0 Å². The Bertz CT molecular complexity index is 345. The fourth-order valence-electron chi connectivity index (χ4n) is 1.11. The monoisotopic (exact) mass is 225 g/mol. The fraction of sp³-hybridized carbons (Fsp3) is 0.333. The molecule has 0 fully saturated rings. The van der Waals surface area contributed by atoms with Gasteiger partial charge in [-0.05, 0) is 5.56 Å². The van der Waals surface area contributed by atoms with E-state index in [0.717, 1.165) is 12.1 Å². The SMILES string of the molecule is [O]Cc1ccccc1C(F)(F)C(F)(F)F. The van der Waals surface area contributed by atoms with Gasteiger partial charge in [0.05, 0.1) is 0 Å². The second-order valence-electron chi connectivity index (χ2n) is 2.87. The smallest absolute Gasteiger partial charge is 0.232 e. The van der Waals surface area contributed by atoms with Crippen molar-refractivity contribution in [1.82, 2.24) is 0 Å². The molecule has 1 rings (SSSR count). The summed E-state index contributed by atoms with van der Waals surface area (Å²) in [4.78, 5) is 0. The lowest BCUT2D eigenvalue weighted by Gasteiger charge is -2.21. The van der Waals surface area contributed by atoms with Crippen molar-refractivity contribution >= 4 is 0 Å². The van der Waals surface area contributed by atoms with Gasteiger partial charge in [-0.2, -0.15) is 22.0 Å². The first-order chi connectivity index (χ1) is 6.80. The van der Waals surface area contributed by atoms with E-state index in [9.17, 15) is 27.1 Å². The Morgan fingerprint density at radius 3 is 2.00 bits per heavy atom. The molecule has 0 heterocycles. The summed E-state index contributed by atoms with van der Waals surface area (Å²) in [5, 5.41) is 10.4. The molecule has 0 saturated carbocycles. The summed E-state index contributed by atoms with van der Waals surface area (Å²) in [6.07, 6.45) is -5.68. The third-order valence-corrected chi connectivity index (χ3v) is 1.87. The van der Waals surface area contributed by atoms with Gasteiger partial charge >= 0.3 is 12.1 Å². The van der Waals surface area contributed by atoms with E-state index in [2.05, 4.69) is 0 Å². The van der Waals surface area contributed by atoms with Gasteiger partial charge in [0.15, 0.2) is 0 Å². The number of benzene rings is 1. The van der Waals surface area contributed by atoms with Crippen LogP contribution in [0, 0.1) is 0 Å². The summed E-state index contributed by atoms with van der Waals surface area (Å²) in [5.41, 5.74) is -1.81. The molecular weight excluding hydrogens is 219 g/mol. The van der Waals surface area contributed by atoms with Crippen LogP contribution in [0.5, 0.6) is 0 Å². The van der Waals surface area contributed by atoms with E-state index < -0.39 is 29.8 Å². The van der Waals surface area contributed by atoms with E-state index in [0.29, 0.717) is 6.07 Å². The number of rotatable bonds is 2. The summed E-state index contributed by atoms with van der Waals surface area (Å²) in [6, 6.07) is 3.85. The quantitative estimate of drug-likeness (QED) is 0.688. The molecule has 6 heteroatoms. The van der Waals surface area contributed by atoms with Gasteiger partial charge < -0.3 is 0 Å². The van der Waals surface area contributed by atoms with E-state index in [1.54, 1.807) is 0 Å². The highest BCUT2D eigenvalue weighted by Gasteiger charge is 2.59. The Morgan fingerprint density at radius 2 is 1.53 bits per heavy atom. The molecule has 0 aliphatic carbocycles. The highest BCUT2D eigenvalue weighted by atomic mass is 19.4. The minimum absolute atomic E-state index is 0.542. The molecule has 83 valence electrons. The van der Waals surface area contributed by atoms with Crippen LogP contribution < -0.4 is 0 Å². The van der Waals surface area contributed by atoms with Crippen LogP contribution in [0.1, 0.15) is 11.1 Å². The lowest BCUT2D eigenvalue weighted by Crippen LogP contribution is -2.34. The average molecular weight is 225 g/mol. The maximum absolute atomic E-state index is 12.8. The van der Waals surface area contributed by atoms with Crippen LogP contribution in [-0.2, 0) is 17.6 Å². The van der Waals surface area contributed by atoms with Crippen LogP contribution >= 0.6 is 0 Å². The summed E-state index contributed by atoms with van der Waals surface area (Å²) in [6.45, 7) is -1.11. The average Bonchev–Trinajstić information content (AvgIpc) is 2.16. The number of alkyl halides is 5. The molecule has 1 aromatic rings. The molecule has 1 radical (unpaired) electrons. The van der Waals surface area contributed by atoms with Gasteiger partial charge in [-0.15, -0.1) is 0 Å². The normalized spacial score (nSPS) is 12.9. The van der Waals surface area contributed by atoms with Crippen molar-refractivity contribution in [2.75, 3.05) is 0 Å². The Morgan fingerprint density at radius 1 is 1.00 bits per heavy atom. The van der Waals surface area contributed by atoms with Crippen molar-refractivity contribution < 1.29 is 27.1 Å². The topological polar surface area (TPSA) is 19.9 Å². The number of hydrogen-bond acceptors (Lipinski definition) is 0. The minimum Gasteiger partial charge on any atom is -0.232 e. The highest BCUT2D eigenvalue weighted by molar-refractivity contribution is 5.31. The number of hydrogen-bond donors (Lipinski definition) is 0. The van der Waals surface area contributed by atoms with Crippen LogP contribution in [0.15, 0.2) is 24.3 Å². The first-order valence-electron chi connectivity index (χ1n) is 3.91. The van der Waals surface area contributed by atoms with Gasteiger partial charge in [0.25, 0.3) is 0 Å². The second kappa shape index (κ2) is 3.77. The van der Waals surface area contributed by atoms with Gasteiger partial charge in [0, 0.05) is 5.56 Å². The molecule has 0 aromatic heterocycles. The number of halogens is 5. The first kappa shape index (κ1) is 11.9. The van der Waals surface area contributed by atoms with Crippen molar-refractivity contribution in [3.63, 3.8) is 0 Å². The summed E-state index contributed by atoms with van der Waals surface area (Å²) < 4.78 is 61.6. The van der Waals surface area contributed by atoms with Gasteiger partial charge in [-0.1, -0.05) is 24.3 Å². The molecule has 0 N–H and O–H groups in total. The van der Waals surface area contributed by atoms with Crippen LogP contribution in [-0.4, -0.2) is 6.18 Å². The fourth-order valence-corrected chi connectivity index (χ4v) is 1.11. The Kier molecular flexibility index (Phi) is 2.99. The second-order valence-corrected chi connectivity index (χ2v) is 2.87. The standard InChI is InChI=1S/C9H6F5O/c10-8(11,9(12,13)14)7-4-2-1-3-6(7)5-15/h1-4H,5H2. The largest absolute Gasteiger partial charge is 0.458 e. The summed E-state index contributed by atoms with van der Waals surface area (Å²) in [7, 11) is 0. The molecule has 0 unspecified atom stereocenters. The lowest BCUT2D eigenvalue weighted by atomic mass is 10.0. The van der Waals surface area contributed by atoms with Gasteiger partial charge in [0.2, 0.25) is 0 Å². The Hall–Kier alpha value is -1.17. The van der Waals surface area contributed by atoms with Crippen LogP contribution in [0.25, 0.3) is 0 Å². The maximum Gasteiger partial charge on any atom is 0.458 e. The maximum atomic E-state index is 12.8. The highest BCUT2D eigenvalue weighted by Crippen LogP contribution is 2.44. The van der Waals surface area contributed by atoms with E-state index in [1.165, 1.54) is 6.07 Å². The Labute approximate surface area is 82.1 Å². The lowest BCUT2D eigenvalue weighted by molar-refractivity contribution is -0.289. The molecule has 0 saturated heterocycles. The molecule has 0 spiro atoms. The van der Waals surface area contributed by atoms with Crippen molar-refractivity contribution in [3.05, 3.63) is 35.4 Å². The van der Waals surface area contributed by atoms with Crippen molar-refractivity contribution in [2.45, 2.75) is 18.7 Å². The van der Waals surface area contributed by atoms with E-state index in [-0.39, 0.29) is 0 Å². The van der Waals surface area contributed by atoms with E-state index in [1.807, 2.05) is 0 Å². The predicted octanol–water partition coefficient (Wildman–Crippen LogP) is 3.27. The molecule has 0 bridgehead atoms. The third kappa shape index (κ3) is 2.09. The van der Waals surface area contributed by atoms with Gasteiger partial charge in [0.1, 0.15) is 6.61 Å². The third-order valence-electron chi connectivity index (χ3n) is 1.87. The molecule has 0 atom stereocenters. The van der Waals surface area contributed by atoms with E-state index in [4.69, 9.17) is 0 Å². The van der Waals surface area contributed by atoms with Crippen molar-refractivity contribution in [3.8, 4) is 0 Å². The summed E-state index contributed by atoms with van der Waals surface area (Å²) in [5.74, 6) is -4.98.